The molecule has 1 saturated heterocycles. The highest BCUT2D eigenvalue weighted by Gasteiger charge is 2.32. The van der Waals surface area contributed by atoms with Gasteiger partial charge in [-0.15, -0.1) is 0 Å². The van der Waals surface area contributed by atoms with Gasteiger partial charge in [-0.25, -0.2) is 0 Å². The van der Waals surface area contributed by atoms with Crippen LogP contribution in [0, 0.1) is 5.92 Å². The van der Waals surface area contributed by atoms with Crippen molar-refractivity contribution in [2.24, 2.45) is 5.92 Å². The Bertz CT molecular complexity index is 764. The van der Waals surface area contributed by atoms with Crippen LogP contribution in [-0.2, 0) is 23.9 Å². The predicted molar refractivity (Wildman–Crippen MR) is 139 cm³/mol. The number of amides is 3. The van der Waals surface area contributed by atoms with Gasteiger partial charge in [0.2, 0.25) is 17.7 Å². The van der Waals surface area contributed by atoms with Gasteiger partial charge in [0, 0.05) is 11.5 Å². The molecule has 0 aromatic heterocycles. The zero-order valence-electron chi connectivity index (χ0n) is 20.8. The Morgan fingerprint density at radius 3 is 2.57 bits per heavy atom. The average molecular weight is 530 g/mol. The van der Waals surface area contributed by atoms with Crippen LogP contribution in [0.4, 0.5) is 0 Å². The van der Waals surface area contributed by atoms with Crippen LogP contribution in [0.5, 0.6) is 0 Å². The largest absolute Gasteiger partial charge is 0.457 e. The highest BCUT2D eigenvalue weighted by molar-refractivity contribution is 8.76. The molecule has 2 bridgehead atoms. The van der Waals surface area contributed by atoms with Gasteiger partial charge >= 0.3 is 5.97 Å². The minimum atomic E-state index is -1.17. The van der Waals surface area contributed by atoms with Crippen LogP contribution in [0.1, 0.15) is 65.7 Å². The van der Waals surface area contributed by atoms with E-state index >= 15 is 0 Å². The fraction of sp³-hybridized carbons (Fsp3) is 0.750. The average Bonchev–Trinajstić information content (AvgIpc) is 2.78. The molecule has 2 rings (SSSR count). The maximum Gasteiger partial charge on any atom is 0.309 e. The lowest BCUT2D eigenvalue weighted by atomic mass is 9.97. The van der Waals surface area contributed by atoms with Crippen LogP contribution in [0.15, 0.2) is 12.2 Å². The van der Waals surface area contributed by atoms with Gasteiger partial charge in [0.25, 0.3) is 0 Å². The minimum Gasteiger partial charge on any atom is -0.457 e. The van der Waals surface area contributed by atoms with E-state index in [1.807, 2.05) is 26.8 Å². The van der Waals surface area contributed by atoms with Gasteiger partial charge in [-0.3, -0.25) is 19.2 Å². The Morgan fingerprint density at radius 2 is 1.86 bits per heavy atom. The van der Waals surface area contributed by atoms with Crippen molar-refractivity contribution in [2.45, 2.75) is 96.1 Å². The third kappa shape index (κ3) is 10.8. The van der Waals surface area contributed by atoms with Gasteiger partial charge in [0.05, 0.1) is 25.0 Å². The molecule has 2 heterocycles. The summed E-state index contributed by atoms with van der Waals surface area (Å²) in [7, 11) is 3.06. The zero-order valence-corrected chi connectivity index (χ0v) is 22.4. The fourth-order valence-corrected chi connectivity index (χ4v) is 6.05. The summed E-state index contributed by atoms with van der Waals surface area (Å²) >= 11 is 0. The maximum absolute atomic E-state index is 13.3. The topological polar surface area (TPSA) is 134 Å². The van der Waals surface area contributed by atoms with E-state index in [2.05, 4.69) is 16.0 Å². The summed E-state index contributed by atoms with van der Waals surface area (Å²) in [5.41, 5.74) is 0. The van der Waals surface area contributed by atoms with E-state index in [1.54, 1.807) is 16.9 Å². The van der Waals surface area contributed by atoms with E-state index in [4.69, 9.17) is 4.74 Å². The number of allylic oxidation sites excluding steroid dienone is 1. The van der Waals surface area contributed by atoms with Crippen molar-refractivity contribution >= 4 is 45.3 Å². The molecule has 5 atom stereocenters. The summed E-state index contributed by atoms with van der Waals surface area (Å²) in [5, 5.41) is 19.2. The number of carbonyl (C=O) groups excluding carboxylic acids is 4. The molecule has 0 spiro atoms. The summed E-state index contributed by atoms with van der Waals surface area (Å²) in [5.74, 6) is -0.691. The van der Waals surface area contributed by atoms with Gasteiger partial charge in [-0.05, 0) is 31.3 Å². The van der Waals surface area contributed by atoms with E-state index in [0.717, 1.165) is 18.6 Å². The second kappa shape index (κ2) is 15.4. The maximum atomic E-state index is 13.3. The fourth-order valence-electron chi connectivity index (χ4n) is 3.89. The van der Waals surface area contributed by atoms with Gasteiger partial charge in [0.1, 0.15) is 18.2 Å². The normalized spacial score (nSPS) is 30.7. The molecule has 9 nitrogen and oxygen atoms in total. The third-order valence-corrected chi connectivity index (χ3v) is 8.18. The van der Waals surface area contributed by atoms with Crippen LogP contribution in [0.25, 0.3) is 0 Å². The molecule has 0 saturated carbocycles. The Kier molecular flexibility index (Phi) is 13.0. The monoisotopic (exact) mass is 529 g/mol. The number of hydrogen-bond donors (Lipinski definition) is 4. The molecular weight excluding hydrogens is 490 g/mol. The quantitative estimate of drug-likeness (QED) is 0.242. The van der Waals surface area contributed by atoms with Crippen molar-refractivity contribution in [3.8, 4) is 0 Å². The summed E-state index contributed by atoms with van der Waals surface area (Å²) in [4.78, 5) is 51.9. The molecule has 0 radical (unpaired) electrons. The summed E-state index contributed by atoms with van der Waals surface area (Å²) in [6.07, 6.45) is 4.26. The number of esters is 1. The van der Waals surface area contributed by atoms with Crippen molar-refractivity contribution < 1.29 is 29.0 Å². The first-order valence-electron chi connectivity index (χ1n) is 12.4. The zero-order chi connectivity index (χ0) is 25.8. The van der Waals surface area contributed by atoms with Crippen LogP contribution in [-0.4, -0.2) is 70.6 Å². The number of hydrogen-bond acceptors (Lipinski definition) is 8. The lowest BCUT2D eigenvalue weighted by Gasteiger charge is -2.28. The van der Waals surface area contributed by atoms with Crippen LogP contribution in [0.3, 0.4) is 0 Å². The SMILES string of the molecule is CCCC[C@@H]1NC(=O)C[C@H]2/C=C/CCSSCC(NC1=O)C(=O)N[C@H](CC(C)C)[C@H](O)CC(=O)O2. The first-order valence-corrected chi connectivity index (χ1v) is 14.9. The second-order valence-electron chi connectivity index (χ2n) is 9.40. The van der Waals surface area contributed by atoms with Crippen LogP contribution >= 0.6 is 21.6 Å². The number of fused-ring (bicyclic) bond motifs is 7. The first-order chi connectivity index (χ1) is 16.7. The number of unbranched alkanes of at least 4 members (excludes halogenated alkanes) is 1. The summed E-state index contributed by atoms with van der Waals surface area (Å²) in [6.45, 7) is 5.91. The molecule has 11 heteroatoms. The molecule has 1 fully saturated rings. The smallest absolute Gasteiger partial charge is 0.309 e. The van der Waals surface area contributed by atoms with Crippen LogP contribution in [0.2, 0.25) is 0 Å². The Balaban J connectivity index is 2.44. The number of rotatable bonds is 5. The Morgan fingerprint density at radius 1 is 1.09 bits per heavy atom. The molecule has 0 aliphatic carbocycles. The second-order valence-corrected chi connectivity index (χ2v) is 12.0. The van der Waals surface area contributed by atoms with E-state index in [9.17, 15) is 24.3 Å². The molecular formula is C24H39N3O6S2. The van der Waals surface area contributed by atoms with Crippen molar-refractivity contribution in [2.75, 3.05) is 11.5 Å². The number of aliphatic hydroxyl groups excluding tert-OH is 1. The highest BCUT2D eigenvalue weighted by Crippen LogP contribution is 2.24. The van der Waals surface area contributed by atoms with Crippen molar-refractivity contribution in [3.05, 3.63) is 12.2 Å². The van der Waals surface area contributed by atoms with Gasteiger partial charge in [-0.2, -0.15) is 0 Å². The number of ether oxygens (including phenoxy) is 1. The lowest BCUT2D eigenvalue weighted by molar-refractivity contribution is -0.151. The molecule has 2 aliphatic rings. The predicted octanol–water partition coefficient (Wildman–Crippen LogP) is 2.08. The Labute approximate surface area is 215 Å². The van der Waals surface area contributed by atoms with Crippen molar-refractivity contribution in [1.29, 1.82) is 0 Å². The molecule has 0 aromatic rings. The molecule has 0 aromatic carbocycles. The minimum absolute atomic E-state index is 0.133. The lowest BCUT2D eigenvalue weighted by Crippen LogP contribution is -2.57. The highest BCUT2D eigenvalue weighted by atomic mass is 33.1. The summed E-state index contributed by atoms with van der Waals surface area (Å²) < 4.78 is 5.53. The van der Waals surface area contributed by atoms with Crippen molar-refractivity contribution in [3.63, 3.8) is 0 Å². The molecule has 4 N–H and O–H groups in total. The van der Waals surface area contributed by atoms with E-state index in [0.29, 0.717) is 25.0 Å². The molecule has 35 heavy (non-hydrogen) atoms. The van der Waals surface area contributed by atoms with E-state index in [-0.39, 0.29) is 18.8 Å². The number of carbonyl (C=O) groups is 4. The number of aliphatic hydroxyl groups is 1. The van der Waals surface area contributed by atoms with E-state index < -0.39 is 54.0 Å². The van der Waals surface area contributed by atoms with Crippen molar-refractivity contribution in [1.82, 2.24) is 16.0 Å². The van der Waals surface area contributed by atoms with Gasteiger partial charge in [0.15, 0.2) is 0 Å². The van der Waals surface area contributed by atoms with E-state index in [1.165, 1.54) is 10.8 Å². The molecule has 1 unspecified atom stereocenters. The number of nitrogens with one attached hydrogen (secondary N) is 3. The Hall–Kier alpha value is -1.72. The van der Waals surface area contributed by atoms with Gasteiger partial charge < -0.3 is 25.8 Å². The third-order valence-electron chi connectivity index (χ3n) is 5.73. The molecule has 2 aliphatic heterocycles. The molecule has 3 amide bonds. The summed E-state index contributed by atoms with van der Waals surface area (Å²) in [6, 6.07) is -2.34. The standard InChI is InChI=1S/C24H39N3O6S2/c1-4-5-9-17-23(31)27-19-14-35-34-10-7-6-8-16(12-21(29)25-17)33-22(30)13-20(28)18(11-15(2)3)26-24(19)32/h6,8,15-20,28H,4-5,7,9-14H2,1-3H3,(H,25,29)(H,26,32)(H,27,31)/b8-6+/t16-,17+,18-,19?,20-/m1/s1. The first kappa shape index (κ1) is 29.5. The van der Waals surface area contributed by atoms with Gasteiger partial charge in [-0.1, -0.05) is 61.3 Å². The molecule has 198 valence electrons. The van der Waals surface area contributed by atoms with Crippen LogP contribution < -0.4 is 16.0 Å².